The molecule has 0 aliphatic heterocycles. The van der Waals surface area contributed by atoms with Crippen molar-refractivity contribution in [3.05, 3.63) is 57.6 Å². The molecule has 0 bridgehead atoms. The third kappa shape index (κ3) is 6.03. The van der Waals surface area contributed by atoms with E-state index in [0.717, 1.165) is 6.07 Å². The predicted molar refractivity (Wildman–Crippen MR) is 99.0 cm³/mol. The summed E-state index contributed by atoms with van der Waals surface area (Å²) in [5.74, 6) is 0. The molecule has 0 saturated heterocycles. The highest BCUT2D eigenvalue weighted by Gasteiger charge is 2.32. The maximum Gasteiger partial charge on any atom is 0.416 e. The molecule has 0 heterocycles. The molecule has 0 aliphatic carbocycles. The highest BCUT2D eigenvalue weighted by Crippen LogP contribution is 2.36. The standard InChI is InChI=1S/C15H11Cl2F3.2C2H6/c1-2-9-7-10(3-6-13(9)15(18,19)20)12-5-4-11(16)8-14(12)17;2*1-2/h3-8H,2H2,1H3;2*1-2H3. The van der Waals surface area contributed by atoms with Gasteiger partial charge in [-0.15, -0.1) is 0 Å². The second-order valence-electron chi connectivity index (χ2n) is 4.35. The minimum atomic E-state index is -4.34. The van der Waals surface area contributed by atoms with Gasteiger partial charge >= 0.3 is 6.18 Å². The SMILES string of the molecule is CC.CC.CCc1cc(-c2ccc(Cl)cc2Cl)ccc1C(F)(F)F. The zero-order valence-corrected chi connectivity index (χ0v) is 16.1. The molecule has 0 N–H and O–H groups in total. The zero-order valence-electron chi connectivity index (χ0n) is 14.6. The number of halogens is 5. The summed E-state index contributed by atoms with van der Waals surface area (Å²) in [6, 6.07) is 8.98. The summed E-state index contributed by atoms with van der Waals surface area (Å²) in [5, 5.41) is 0.903. The molecule has 0 atom stereocenters. The van der Waals surface area contributed by atoms with Gasteiger partial charge in [-0.3, -0.25) is 0 Å². The Balaban J connectivity index is 0.00000123. The Labute approximate surface area is 152 Å². The van der Waals surface area contributed by atoms with E-state index in [1.807, 2.05) is 27.7 Å². The second-order valence-corrected chi connectivity index (χ2v) is 5.19. The Hall–Kier alpha value is -1.19. The van der Waals surface area contributed by atoms with E-state index in [-0.39, 0.29) is 5.56 Å². The molecule has 5 heteroatoms. The minimum absolute atomic E-state index is 0.251. The predicted octanol–water partition coefficient (Wildman–Crippen LogP) is 8.29. The summed E-state index contributed by atoms with van der Waals surface area (Å²) in [6.45, 7) is 9.69. The lowest BCUT2D eigenvalue weighted by Crippen LogP contribution is -2.08. The van der Waals surface area contributed by atoms with Crippen LogP contribution in [0.5, 0.6) is 0 Å². The third-order valence-electron chi connectivity index (χ3n) is 3.03. The van der Waals surface area contributed by atoms with Crippen LogP contribution in [0.4, 0.5) is 13.2 Å². The summed E-state index contributed by atoms with van der Waals surface area (Å²) in [6.07, 6.45) is -4.04. The van der Waals surface area contributed by atoms with Crippen molar-refractivity contribution in [1.82, 2.24) is 0 Å². The van der Waals surface area contributed by atoms with Gasteiger partial charge in [-0.2, -0.15) is 13.2 Å². The van der Waals surface area contributed by atoms with E-state index in [2.05, 4.69) is 0 Å². The molecule has 0 nitrogen and oxygen atoms in total. The number of rotatable bonds is 2. The smallest absolute Gasteiger partial charge is 0.166 e. The van der Waals surface area contributed by atoms with Crippen molar-refractivity contribution in [1.29, 1.82) is 0 Å². The fraction of sp³-hybridized carbons (Fsp3) is 0.368. The van der Waals surface area contributed by atoms with Gasteiger partial charge in [0.25, 0.3) is 0 Å². The van der Waals surface area contributed by atoms with Crippen LogP contribution in [-0.4, -0.2) is 0 Å². The first kappa shape index (κ1) is 22.8. The van der Waals surface area contributed by atoms with Gasteiger partial charge in [0.2, 0.25) is 0 Å². The lowest BCUT2D eigenvalue weighted by Gasteiger charge is -2.14. The maximum atomic E-state index is 12.9. The molecule has 2 aromatic rings. The lowest BCUT2D eigenvalue weighted by molar-refractivity contribution is -0.138. The first-order valence-corrected chi connectivity index (χ1v) is 8.74. The number of alkyl halides is 3. The van der Waals surface area contributed by atoms with E-state index >= 15 is 0 Å². The summed E-state index contributed by atoms with van der Waals surface area (Å²) < 4.78 is 38.6. The van der Waals surface area contributed by atoms with Crippen LogP contribution in [0.2, 0.25) is 10.0 Å². The van der Waals surface area contributed by atoms with E-state index < -0.39 is 11.7 Å². The van der Waals surface area contributed by atoms with Crippen LogP contribution in [0.15, 0.2) is 36.4 Å². The van der Waals surface area contributed by atoms with Crippen molar-refractivity contribution in [3.8, 4) is 11.1 Å². The van der Waals surface area contributed by atoms with Crippen molar-refractivity contribution < 1.29 is 13.2 Å². The van der Waals surface area contributed by atoms with Crippen LogP contribution in [0.3, 0.4) is 0 Å². The first-order valence-electron chi connectivity index (χ1n) is 7.98. The molecule has 2 aromatic carbocycles. The van der Waals surface area contributed by atoms with Gasteiger partial charge in [0.15, 0.2) is 0 Å². The summed E-state index contributed by atoms with van der Waals surface area (Å²) in [5.41, 5.74) is 0.964. The Morgan fingerprint density at radius 3 is 1.92 bits per heavy atom. The lowest BCUT2D eigenvalue weighted by atomic mass is 9.97. The zero-order chi connectivity index (χ0) is 18.9. The third-order valence-corrected chi connectivity index (χ3v) is 3.58. The summed E-state index contributed by atoms with van der Waals surface area (Å²) in [4.78, 5) is 0. The van der Waals surface area contributed by atoms with Gasteiger partial charge in [-0.1, -0.05) is 76.0 Å². The van der Waals surface area contributed by atoms with Crippen LogP contribution < -0.4 is 0 Å². The van der Waals surface area contributed by atoms with Gasteiger partial charge in [-0.05, 0) is 35.7 Å². The number of benzene rings is 2. The molecule has 134 valence electrons. The Kier molecular flexibility index (Phi) is 10.1. The van der Waals surface area contributed by atoms with Crippen molar-refractivity contribution in [3.63, 3.8) is 0 Å². The molecule has 24 heavy (non-hydrogen) atoms. The van der Waals surface area contributed by atoms with Crippen LogP contribution >= 0.6 is 23.2 Å². The average Bonchev–Trinajstić information content (AvgIpc) is 2.57. The van der Waals surface area contributed by atoms with Crippen molar-refractivity contribution in [2.75, 3.05) is 0 Å². The van der Waals surface area contributed by atoms with E-state index in [9.17, 15) is 13.2 Å². The summed E-state index contributed by atoms with van der Waals surface area (Å²) >= 11 is 11.9. The van der Waals surface area contributed by atoms with Gasteiger partial charge in [0, 0.05) is 15.6 Å². The first-order chi connectivity index (χ1) is 11.3. The Morgan fingerprint density at radius 1 is 0.875 bits per heavy atom. The average molecular weight is 379 g/mol. The highest BCUT2D eigenvalue weighted by atomic mass is 35.5. The molecule has 0 saturated carbocycles. The Morgan fingerprint density at radius 2 is 1.46 bits per heavy atom. The fourth-order valence-corrected chi connectivity index (χ4v) is 2.57. The van der Waals surface area contributed by atoms with E-state index in [1.165, 1.54) is 12.1 Å². The monoisotopic (exact) mass is 378 g/mol. The molecule has 0 amide bonds. The molecule has 0 aromatic heterocycles. The molecule has 2 rings (SSSR count). The quantitative estimate of drug-likeness (QED) is 0.492. The van der Waals surface area contributed by atoms with Crippen molar-refractivity contribution in [2.24, 2.45) is 0 Å². The maximum absolute atomic E-state index is 12.9. The second kappa shape index (κ2) is 10.6. The molecule has 0 aliphatic rings. The van der Waals surface area contributed by atoms with Crippen LogP contribution in [0, 0.1) is 0 Å². The largest absolute Gasteiger partial charge is 0.416 e. The van der Waals surface area contributed by atoms with Crippen LogP contribution in [-0.2, 0) is 12.6 Å². The van der Waals surface area contributed by atoms with Gasteiger partial charge in [-0.25, -0.2) is 0 Å². The van der Waals surface area contributed by atoms with Crippen molar-refractivity contribution in [2.45, 2.75) is 47.2 Å². The molecule has 0 unspecified atom stereocenters. The van der Waals surface area contributed by atoms with Gasteiger partial charge < -0.3 is 0 Å². The molecule has 0 radical (unpaired) electrons. The Bertz CT molecular complexity index is 635. The minimum Gasteiger partial charge on any atom is -0.166 e. The van der Waals surface area contributed by atoms with Crippen LogP contribution in [0.25, 0.3) is 11.1 Å². The van der Waals surface area contributed by atoms with Crippen LogP contribution in [0.1, 0.15) is 45.7 Å². The number of aryl methyl sites for hydroxylation is 1. The van der Waals surface area contributed by atoms with E-state index in [4.69, 9.17) is 23.2 Å². The molecule has 0 fully saturated rings. The van der Waals surface area contributed by atoms with Gasteiger partial charge in [0.05, 0.1) is 5.56 Å². The number of hydrogen-bond acceptors (Lipinski definition) is 0. The normalized spacial score (nSPS) is 10.2. The molecule has 0 spiro atoms. The van der Waals surface area contributed by atoms with Gasteiger partial charge in [0.1, 0.15) is 0 Å². The topological polar surface area (TPSA) is 0 Å². The molecular weight excluding hydrogens is 356 g/mol. The van der Waals surface area contributed by atoms with Crippen molar-refractivity contribution >= 4 is 23.2 Å². The van der Waals surface area contributed by atoms with E-state index in [0.29, 0.717) is 27.6 Å². The molecular formula is C19H23Cl2F3. The number of hydrogen-bond donors (Lipinski definition) is 0. The summed E-state index contributed by atoms with van der Waals surface area (Å²) in [7, 11) is 0. The van der Waals surface area contributed by atoms with E-state index in [1.54, 1.807) is 25.1 Å². The highest BCUT2D eigenvalue weighted by molar-refractivity contribution is 6.36. The fourth-order valence-electron chi connectivity index (χ4n) is 2.05.